The van der Waals surface area contributed by atoms with Gasteiger partial charge in [0.25, 0.3) is 0 Å². The Kier molecular flexibility index (Phi) is 6.69. The van der Waals surface area contributed by atoms with Crippen LogP contribution in [0, 0.1) is 17.1 Å². The van der Waals surface area contributed by atoms with Crippen molar-refractivity contribution < 1.29 is 9.13 Å². The molecule has 0 aliphatic carbocycles. The van der Waals surface area contributed by atoms with Crippen molar-refractivity contribution in [3.8, 4) is 17.7 Å². The van der Waals surface area contributed by atoms with Gasteiger partial charge in [0.2, 0.25) is 11.8 Å². The second-order valence-electron chi connectivity index (χ2n) is 7.93. The molecule has 0 aliphatic rings. The summed E-state index contributed by atoms with van der Waals surface area (Å²) in [7, 11) is 0. The van der Waals surface area contributed by atoms with E-state index in [2.05, 4.69) is 15.3 Å². The average Bonchev–Trinajstić information content (AvgIpc) is 2.84. The fourth-order valence-electron chi connectivity index (χ4n) is 3.32. The third-order valence-electron chi connectivity index (χ3n) is 5.07. The summed E-state index contributed by atoms with van der Waals surface area (Å²) in [5.74, 6) is 0.503. The van der Waals surface area contributed by atoms with E-state index in [-0.39, 0.29) is 24.4 Å². The standard InChI is InChI=1S/C25H21FN6O3/c1-16(2)32-24(33)30-23(31(25(32)34)15-17-3-6-19(26)7-4-17)29-20-8-10-21(11-9-20)35-22-12-5-18(13-27)14-28-22/h3-12,14,16H,15H2,1-2H3,(H,29,30,33). The minimum atomic E-state index is -0.672. The van der Waals surface area contributed by atoms with E-state index in [1.807, 2.05) is 6.07 Å². The first-order valence-electron chi connectivity index (χ1n) is 10.7. The highest BCUT2D eigenvalue weighted by Crippen LogP contribution is 2.23. The summed E-state index contributed by atoms with van der Waals surface area (Å²) in [4.78, 5) is 33.8. The lowest BCUT2D eigenvalue weighted by Gasteiger charge is -2.17. The van der Waals surface area contributed by atoms with E-state index in [4.69, 9.17) is 10.00 Å². The molecule has 0 radical (unpaired) electrons. The minimum absolute atomic E-state index is 0.0589. The van der Waals surface area contributed by atoms with Gasteiger partial charge in [-0.25, -0.2) is 23.5 Å². The van der Waals surface area contributed by atoms with Gasteiger partial charge < -0.3 is 10.1 Å². The molecule has 0 bridgehead atoms. The number of ether oxygens (including phenoxy) is 1. The number of aromatic nitrogens is 4. The summed E-state index contributed by atoms with van der Waals surface area (Å²) in [6.07, 6.45) is 1.41. The number of hydrogen-bond donors (Lipinski definition) is 1. The first-order chi connectivity index (χ1) is 16.8. The van der Waals surface area contributed by atoms with Gasteiger partial charge in [-0.1, -0.05) is 12.1 Å². The van der Waals surface area contributed by atoms with Crippen LogP contribution in [0.4, 0.5) is 16.0 Å². The third-order valence-corrected chi connectivity index (χ3v) is 5.07. The Bertz CT molecular complexity index is 1490. The molecule has 2 aromatic carbocycles. The Morgan fingerprint density at radius 3 is 2.37 bits per heavy atom. The topological polar surface area (TPSA) is 115 Å². The zero-order chi connectivity index (χ0) is 24.9. The van der Waals surface area contributed by atoms with Gasteiger partial charge in [0, 0.05) is 24.0 Å². The summed E-state index contributed by atoms with van der Waals surface area (Å²) in [5.41, 5.74) is 0.460. The van der Waals surface area contributed by atoms with E-state index in [0.29, 0.717) is 28.4 Å². The molecular formula is C25H21FN6O3. The van der Waals surface area contributed by atoms with Crippen LogP contribution in [-0.4, -0.2) is 19.1 Å². The average molecular weight is 472 g/mol. The Morgan fingerprint density at radius 1 is 1.06 bits per heavy atom. The van der Waals surface area contributed by atoms with Gasteiger partial charge >= 0.3 is 11.4 Å². The number of nitriles is 1. The van der Waals surface area contributed by atoms with Gasteiger partial charge in [-0.05, 0) is 61.9 Å². The molecule has 9 nitrogen and oxygen atoms in total. The van der Waals surface area contributed by atoms with E-state index >= 15 is 0 Å². The summed E-state index contributed by atoms with van der Waals surface area (Å²) >= 11 is 0. The van der Waals surface area contributed by atoms with Crippen molar-refractivity contribution in [1.82, 2.24) is 19.1 Å². The van der Waals surface area contributed by atoms with Crippen LogP contribution in [0.15, 0.2) is 76.4 Å². The Hall–Kier alpha value is -4.78. The fraction of sp³-hybridized carbons (Fsp3) is 0.160. The Morgan fingerprint density at radius 2 is 1.77 bits per heavy atom. The lowest BCUT2D eigenvalue weighted by Crippen LogP contribution is -2.43. The number of benzene rings is 2. The van der Waals surface area contributed by atoms with Crippen LogP contribution >= 0.6 is 0 Å². The fourth-order valence-corrected chi connectivity index (χ4v) is 3.32. The molecule has 176 valence electrons. The molecule has 10 heteroatoms. The quantitative estimate of drug-likeness (QED) is 0.433. The molecule has 0 fully saturated rings. The maximum atomic E-state index is 13.3. The summed E-state index contributed by atoms with van der Waals surface area (Å²) in [5, 5.41) is 11.9. The van der Waals surface area contributed by atoms with Crippen LogP contribution in [0.25, 0.3) is 0 Å². The minimum Gasteiger partial charge on any atom is -0.439 e. The predicted molar refractivity (Wildman–Crippen MR) is 127 cm³/mol. The SMILES string of the molecule is CC(C)n1c(=O)nc(Nc2ccc(Oc3ccc(C#N)cn3)cc2)n(Cc2ccc(F)cc2)c1=O. The van der Waals surface area contributed by atoms with Crippen molar-refractivity contribution in [2.45, 2.75) is 26.4 Å². The monoisotopic (exact) mass is 472 g/mol. The van der Waals surface area contributed by atoms with Crippen molar-refractivity contribution in [3.05, 3.63) is 105 Å². The molecule has 0 amide bonds. The predicted octanol–water partition coefficient (Wildman–Crippen LogP) is 3.98. The smallest absolute Gasteiger partial charge is 0.355 e. The molecule has 0 unspecified atom stereocenters. The van der Waals surface area contributed by atoms with Gasteiger partial charge in [0.05, 0.1) is 12.1 Å². The zero-order valence-corrected chi connectivity index (χ0v) is 19.0. The first kappa shape index (κ1) is 23.4. The molecule has 4 rings (SSSR count). The van der Waals surface area contributed by atoms with Gasteiger partial charge in [-0.3, -0.25) is 4.57 Å². The number of nitrogens with one attached hydrogen (secondary N) is 1. The highest BCUT2D eigenvalue weighted by Gasteiger charge is 2.16. The van der Waals surface area contributed by atoms with Crippen LogP contribution in [0.3, 0.4) is 0 Å². The number of hydrogen-bond acceptors (Lipinski definition) is 7. The Labute approximate surface area is 199 Å². The van der Waals surface area contributed by atoms with Gasteiger partial charge in [-0.2, -0.15) is 10.2 Å². The number of pyridine rings is 1. The molecular weight excluding hydrogens is 451 g/mol. The van der Waals surface area contributed by atoms with Crippen LogP contribution in [0.5, 0.6) is 11.6 Å². The van der Waals surface area contributed by atoms with E-state index in [1.165, 1.54) is 22.9 Å². The maximum Gasteiger partial charge on any atom is 0.355 e. The van der Waals surface area contributed by atoms with Crippen LogP contribution in [0.2, 0.25) is 0 Å². The lowest BCUT2D eigenvalue weighted by atomic mass is 10.2. The molecule has 0 saturated heterocycles. The maximum absolute atomic E-state index is 13.3. The van der Waals surface area contributed by atoms with E-state index in [9.17, 15) is 14.0 Å². The van der Waals surface area contributed by atoms with Gasteiger partial charge in [0.15, 0.2) is 0 Å². The van der Waals surface area contributed by atoms with Crippen molar-refractivity contribution in [2.75, 3.05) is 5.32 Å². The van der Waals surface area contributed by atoms with E-state index < -0.39 is 11.4 Å². The molecule has 0 atom stereocenters. The van der Waals surface area contributed by atoms with Crippen LogP contribution < -0.4 is 21.4 Å². The summed E-state index contributed by atoms with van der Waals surface area (Å²) in [6.45, 7) is 3.54. The molecule has 2 heterocycles. The van der Waals surface area contributed by atoms with Gasteiger partial charge in [-0.15, -0.1) is 0 Å². The molecule has 1 N–H and O–H groups in total. The first-order valence-corrected chi connectivity index (χ1v) is 10.7. The third kappa shape index (κ3) is 5.42. The largest absolute Gasteiger partial charge is 0.439 e. The normalized spacial score (nSPS) is 10.7. The molecule has 0 spiro atoms. The van der Waals surface area contributed by atoms with Crippen molar-refractivity contribution in [3.63, 3.8) is 0 Å². The van der Waals surface area contributed by atoms with Crippen LogP contribution in [-0.2, 0) is 6.54 Å². The van der Waals surface area contributed by atoms with Gasteiger partial charge in [0.1, 0.15) is 17.6 Å². The zero-order valence-electron chi connectivity index (χ0n) is 19.0. The number of anilines is 2. The second kappa shape index (κ2) is 10.0. The van der Waals surface area contributed by atoms with E-state index in [1.54, 1.807) is 62.4 Å². The van der Waals surface area contributed by atoms with Crippen molar-refractivity contribution in [1.29, 1.82) is 5.26 Å². The molecule has 2 aromatic heterocycles. The molecule has 0 saturated carbocycles. The molecule has 35 heavy (non-hydrogen) atoms. The highest BCUT2D eigenvalue weighted by atomic mass is 19.1. The van der Waals surface area contributed by atoms with Crippen molar-refractivity contribution >= 4 is 11.6 Å². The number of rotatable bonds is 7. The highest BCUT2D eigenvalue weighted by molar-refractivity contribution is 5.55. The van der Waals surface area contributed by atoms with Crippen LogP contribution in [0.1, 0.15) is 31.0 Å². The number of halogens is 1. The number of nitrogens with zero attached hydrogens (tertiary/aromatic N) is 5. The van der Waals surface area contributed by atoms with E-state index in [0.717, 1.165) is 4.57 Å². The van der Waals surface area contributed by atoms with Crippen molar-refractivity contribution in [2.24, 2.45) is 0 Å². The summed E-state index contributed by atoms with van der Waals surface area (Å²) in [6, 6.07) is 17.3. The second-order valence-corrected chi connectivity index (χ2v) is 7.93. The molecule has 4 aromatic rings. The lowest BCUT2D eigenvalue weighted by molar-refractivity contribution is 0.463. The molecule has 0 aliphatic heterocycles. The Balaban J connectivity index is 1.62. The summed E-state index contributed by atoms with van der Waals surface area (Å²) < 4.78 is 21.4.